The summed E-state index contributed by atoms with van der Waals surface area (Å²) in [6.45, 7) is 0.687. The Balaban J connectivity index is 2.01. The molecule has 0 radical (unpaired) electrons. The van der Waals surface area contributed by atoms with Crippen LogP contribution in [0.4, 0.5) is 0 Å². The van der Waals surface area contributed by atoms with Gasteiger partial charge in [-0.05, 0) is 43.5 Å². The number of carbonyl (C=O) groups is 2. The predicted octanol–water partition coefficient (Wildman–Crippen LogP) is 1.74. The third-order valence-corrected chi connectivity index (χ3v) is 3.20. The topological polar surface area (TPSA) is 58.2 Å². The molecule has 0 unspecified atom stereocenters. The van der Waals surface area contributed by atoms with E-state index < -0.39 is 6.04 Å². The Hall–Kier alpha value is -1.55. The van der Waals surface area contributed by atoms with Gasteiger partial charge in [-0.1, -0.05) is 11.6 Å². The lowest BCUT2D eigenvalue weighted by Crippen LogP contribution is -2.45. The third kappa shape index (κ3) is 3.23. The van der Waals surface area contributed by atoms with Crippen LogP contribution < -0.4 is 10.6 Å². The molecular weight excluding hydrogens is 252 g/mol. The molecule has 4 nitrogen and oxygen atoms in total. The van der Waals surface area contributed by atoms with Crippen LogP contribution in [0, 0.1) is 0 Å². The minimum absolute atomic E-state index is 0.102. The second kappa shape index (κ2) is 5.87. The largest absolute Gasteiger partial charge is 0.354 e. The molecule has 1 atom stereocenters. The van der Waals surface area contributed by atoms with Crippen molar-refractivity contribution < 1.29 is 9.59 Å². The van der Waals surface area contributed by atoms with Gasteiger partial charge in [0.1, 0.15) is 6.04 Å². The van der Waals surface area contributed by atoms with Gasteiger partial charge < -0.3 is 10.6 Å². The van der Waals surface area contributed by atoms with Crippen LogP contribution in [0.15, 0.2) is 24.3 Å². The van der Waals surface area contributed by atoms with Crippen LogP contribution in [0.3, 0.4) is 0 Å². The van der Waals surface area contributed by atoms with E-state index in [0.717, 1.165) is 12.8 Å². The number of nitrogens with one attached hydrogen (secondary N) is 2. The first-order valence-electron chi connectivity index (χ1n) is 6.01. The van der Waals surface area contributed by atoms with E-state index in [2.05, 4.69) is 10.6 Å². The molecule has 2 rings (SSSR count). The Bertz CT molecular complexity index is 445. The highest BCUT2D eigenvalue weighted by molar-refractivity contribution is 6.30. The monoisotopic (exact) mass is 266 g/mol. The quantitative estimate of drug-likeness (QED) is 0.857. The Labute approximate surface area is 111 Å². The molecule has 2 N–H and O–H groups in total. The minimum atomic E-state index is -0.435. The summed E-state index contributed by atoms with van der Waals surface area (Å²) in [5.74, 6) is -0.344. The average molecular weight is 267 g/mol. The number of benzene rings is 1. The molecule has 1 heterocycles. The molecule has 5 heteroatoms. The van der Waals surface area contributed by atoms with Crippen molar-refractivity contribution in [2.24, 2.45) is 0 Å². The van der Waals surface area contributed by atoms with Gasteiger partial charge >= 0.3 is 0 Å². The first-order valence-corrected chi connectivity index (χ1v) is 6.39. The summed E-state index contributed by atoms with van der Waals surface area (Å²) in [6.07, 6.45) is 2.58. The number of halogens is 1. The molecule has 1 aliphatic heterocycles. The van der Waals surface area contributed by atoms with Gasteiger partial charge in [-0.3, -0.25) is 9.59 Å². The molecule has 0 aliphatic carbocycles. The zero-order valence-corrected chi connectivity index (χ0v) is 10.7. The maximum atomic E-state index is 11.9. The van der Waals surface area contributed by atoms with Gasteiger partial charge in [0.05, 0.1) is 0 Å². The number of carbonyl (C=O) groups excluding carboxylic acids is 2. The molecule has 2 amide bonds. The predicted molar refractivity (Wildman–Crippen MR) is 69.6 cm³/mol. The van der Waals surface area contributed by atoms with Crippen LogP contribution in [-0.2, 0) is 4.79 Å². The Kier molecular flexibility index (Phi) is 4.20. The van der Waals surface area contributed by atoms with E-state index >= 15 is 0 Å². The zero-order valence-electron chi connectivity index (χ0n) is 9.91. The van der Waals surface area contributed by atoms with Gasteiger partial charge in [0.15, 0.2) is 0 Å². The van der Waals surface area contributed by atoms with E-state index in [9.17, 15) is 9.59 Å². The lowest BCUT2D eigenvalue weighted by atomic mass is 10.1. The maximum absolute atomic E-state index is 11.9. The van der Waals surface area contributed by atoms with Gasteiger partial charge in [-0.2, -0.15) is 0 Å². The fourth-order valence-corrected chi connectivity index (χ4v) is 2.05. The van der Waals surface area contributed by atoms with Crippen LogP contribution in [0.25, 0.3) is 0 Å². The van der Waals surface area contributed by atoms with Crippen LogP contribution in [0.2, 0.25) is 5.02 Å². The molecule has 1 saturated heterocycles. The molecule has 18 heavy (non-hydrogen) atoms. The van der Waals surface area contributed by atoms with Crippen LogP contribution in [0.5, 0.6) is 0 Å². The highest BCUT2D eigenvalue weighted by Gasteiger charge is 2.22. The van der Waals surface area contributed by atoms with Crippen molar-refractivity contribution >= 4 is 23.4 Å². The Morgan fingerprint density at radius 3 is 2.72 bits per heavy atom. The van der Waals surface area contributed by atoms with Crippen molar-refractivity contribution in [3.05, 3.63) is 34.9 Å². The first kappa shape index (κ1) is 12.9. The van der Waals surface area contributed by atoms with E-state index in [1.807, 2.05) is 0 Å². The molecular formula is C13H15ClN2O2. The van der Waals surface area contributed by atoms with E-state index in [-0.39, 0.29) is 11.8 Å². The van der Waals surface area contributed by atoms with Crippen molar-refractivity contribution in [1.29, 1.82) is 0 Å². The highest BCUT2D eigenvalue weighted by Crippen LogP contribution is 2.11. The van der Waals surface area contributed by atoms with Crippen LogP contribution >= 0.6 is 11.6 Å². The number of hydrogen-bond donors (Lipinski definition) is 2. The third-order valence-electron chi connectivity index (χ3n) is 2.95. The fourth-order valence-electron chi connectivity index (χ4n) is 1.92. The fraction of sp³-hybridized carbons (Fsp3) is 0.385. The smallest absolute Gasteiger partial charge is 0.251 e. The summed E-state index contributed by atoms with van der Waals surface area (Å²) in [5.41, 5.74) is 0.511. The van der Waals surface area contributed by atoms with E-state index in [4.69, 9.17) is 11.6 Å². The van der Waals surface area contributed by atoms with Crippen LogP contribution in [0.1, 0.15) is 29.6 Å². The molecule has 96 valence electrons. The highest BCUT2D eigenvalue weighted by atomic mass is 35.5. The van der Waals surface area contributed by atoms with E-state index in [1.165, 1.54) is 0 Å². The Morgan fingerprint density at radius 2 is 2.00 bits per heavy atom. The van der Waals surface area contributed by atoms with Crippen molar-refractivity contribution in [2.75, 3.05) is 6.54 Å². The number of amides is 2. The molecule has 0 bridgehead atoms. The number of rotatable bonds is 2. The summed E-state index contributed by atoms with van der Waals surface area (Å²) in [6, 6.07) is 6.17. The molecule has 1 aromatic carbocycles. The Morgan fingerprint density at radius 1 is 1.28 bits per heavy atom. The summed E-state index contributed by atoms with van der Waals surface area (Å²) in [4.78, 5) is 23.6. The summed E-state index contributed by atoms with van der Waals surface area (Å²) in [5, 5.41) is 6.12. The first-order chi connectivity index (χ1) is 8.66. The molecule has 1 fully saturated rings. The van der Waals surface area contributed by atoms with Crippen molar-refractivity contribution in [2.45, 2.75) is 25.3 Å². The lowest BCUT2D eigenvalue weighted by Gasteiger charge is -2.15. The molecule has 1 aromatic rings. The summed E-state index contributed by atoms with van der Waals surface area (Å²) >= 11 is 5.76. The molecule has 0 aromatic heterocycles. The number of hydrogen-bond acceptors (Lipinski definition) is 2. The van der Waals surface area contributed by atoms with Gasteiger partial charge in [-0.25, -0.2) is 0 Å². The molecule has 0 saturated carbocycles. The van der Waals surface area contributed by atoms with Gasteiger partial charge in [-0.15, -0.1) is 0 Å². The minimum Gasteiger partial charge on any atom is -0.354 e. The van der Waals surface area contributed by atoms with Gasteiger partial charge in [0.2, 0.25) is 5.91 Å². The maximum Gasteiger partial charge on any atom is 0.251 e. The average Bonchev–Trinajstić information content (AvgIpc) is 2.56. The zero-order chi connectivity index (χ0) is 13.0. The lowest BCUT2D eigenvalue weighted by molar-refractivity contribution is -0.122. The molecule has 0 spiro atoms. The SMILES string of the molecule is O=C(N[C@H]1CCCCNC1=O)c1ccc(Cl)cc1. The normalized spacial score (nSPS) is 19.8. The second-order valence-electron chi connectivity index (χ2n) is 4.32. The summed E-state index contributed by atoms with van der Waals surface area (Å²) in [7, 11) is 0. The van der Waals surface area contributed by atoms with Crippen molar-refractivity contribution in [3.8, 4) is 0 Å². The van der Waals surface area contributed by atoms with E-state index in [0.29, 0.717) is 23.6 Å². The van der Waals surface area contributed by atoms with Crippen molar-refractivity contribution in [1.82, 2.24) is 10.6 Å². The van der Waals surface area contributed by atoms with Crippen molar-refractivity contribution in [3.63, 3.8) is 0 Å². The summed E-state index contributed by atoms with van der Waals surface area (Å²) < 4.78 is 0. The van der Waals surface area contributed by atoms with Crippen LogP contribution in [-0.4, -0.2) is 24.4 Å². The second-order valence-corrected chi connectivity index (χ2v) is 4.76. The van der Waals surface area contributed by atoms with Gasteiger partial charge in [0, 0.05) is 17.1 Å². The standard InChI is InChI=1S/C13H15ClN2O2/c14-10-6-4-9(5-7-10)12(17)16-11-3-1-2-8-15-13(11)18/h4-7,11H,1-3,8H2,(H,15,18)(H,16,17)/t11-/m0/s1. The van der Waals surface area contributed by atoms with E-state index in [1.54, 1.807) is 24.3 Å². The van der Waals surface area contributed by atoms with Gasteiger partial charge in [0.25, 0.3) is 5.91 Å². The molecule has 1 aliphatic rings.